The van der Waals surface area contributed by atoms with E-state index < -0.39 is 0 Å². The first-order valence-electron chi connectivity index (χ1n) is 8.66. The highest BCUT2D eigenvalue weighted by molar-refractivity contribution is 4.97. The molecule has 0 spiro atoms. The van der Waals surface area contributed by atoms with Crippen molar-refractivity contribution < 1.29 is 0 Å². The molecule has 0 aliphatic carbocycles. The fraction of sp³-hybridized carbons (Fsp3) is 1.00. The first kappa shape index (κ1) is 14.8. The summed E-state index contributed by atoms with van der Waals surface area (Å²) in [6, 6.07) is 3.28. The van der Waals surface area contributed by atoms with Gasteiger partial charge in [-0.05, 0) is 66.3 Å². The van der Waals surface area contributed by atoms with Crippen LogP contribution in [0.15, 0.2) is 0 Å². The van der Waals surface area contributed by atoms with Crippen molar-refractivity contribution in [3.63, 3.8) is 0 Å². The van der Waals surface area contributed by atoms with Crippen LogP contribution in [0, 0.1) is 0 Å². The average molecular weight is 279 g/mol. The fourth-order valence-electron chi connectivity index (χ4n) is 4.60. The number of nitrogens with one attached hydrogen (secondary N) is 1. The Kier molecular flexibility index (Phi) is 4.13. The van der Waals surface area contributed by atoms with E-state index in [9.17, 15) is 0 Å². The van der Waals surface area contributed by atoms with Gasteiger partial charge in [0.05, 0.1) is 0 Å². The molecule has 0 saturated carbocycles. The molecule has 2 atom stereocenters. The predicted molar refractivity (Wildman–Crippen MR) is 85.1 cm³/mol. The molecule has 0 radical (unpaired) electrons. The van der Waals surface area contributed by atoms with Crippen LogP contribution in [0.5, 0.6) is 0 Å². The number of hydrogen-bond acceptors (Lipinski definition) is 3. The molecule has 20 heavy (non-hydrogen) atoms. The van der Waals surface area contributed by atoms with Gasteiger partial charge in [0.25, 0.3) is 0 Å². The lowest BCUT2D eigenvalue weighted by molar-refractivity contribution is 0.0846. The zero-order valence-corrected chi connectivity index (χ0v) is 13.9. The molecule has 0 aromatic carbocycles. The van der Waals surface area contributed by atoms with Crippen LogP contribution in [0.2, 0.25) is 0 Å². The highest BCUT2D eigenvalue weighted by Gasteiger charge is 2.39. The van der Waals surface area contributed by atoms with Crippen molar-refractivity contribution in [2.45, 2.75) is 89.0 Å². The van der Waals surface area contributed by atoms with Crippen molar-refractivity contribution in [1.29, 1.82) is 0 Å². The fourth-order valence-corrected chi connectivity index (χ4v) is 4.60. The number of fused-ring (bicyclic) bond motifs is 2. The van der Waals surface area contributed by atoms with Crippen LogP contribution >= 0.6 is 0 Å². The van der Waals surface area contributed by atoms with Gasteiger partial charge in [0.15, 0.2) is 0 Å². The third-order valence-electron chi connectivity index (χ3n) is 6.01. The second kappa shape index (κ2) is 5.58. The highest BCUT2D eigenvalue weighted by atomic mass is 15.2. The summed E-state index contributed by atoms with van der Waals surface area (Å²) >= 11 is 0. The predicted octanol–water partition coefficient (Wildman–Crippen LogP) is 2.46. The standard InChI is InChI=1S/C17H33N3/c1-17(2,3)20-9-7-13(8-10-20)18-14-11-15-5-6-16(12-14)19(15)4/h13-16,18H,5-12H2,1-4H3. The van der Waals surface area contributed by atoms with Crippen molar-refractivity contribution in [2.75, 3.05) is 20.1 Å². The summed E-state index contributed by atoms with van der Waals surface area (Å²) < 4.78 is 0. The lowest BCUT2D eigenvalue weighted by Gasteiger charge is -2.43. The third kappa shape index (κ3) is 3.05. The van der Waals surface area contributed by atoms with Gasteiger partial charge in [0, 0.05) is 42.8 Å². The average Bonchev–Trinajstić information content (AvgIpc) is 2.62. The molecule has 3 aliphatic rings. The monoisotopic (exact) mass is 279 g/mol. The Morgan fingerprint density at radius 2 is 1.40 bits per heavy atom. The molecule has 3 heteroatoms. The van der Waals surface area contributed by atoms with Crippen molar-refractivity contribution in [2.24, 2.45) is 0 Å². The molecule has 116 valence electrons. The maximum Gasteiger partial charge on any atom is 0.0125 e. The van der Waals surface area contributed by atoms with Crippen molar-refractivity contribution in [3.05, 3.63) is 0 Å². The van der Waals surface area contributed by atoms with Crippen LogP contribution in [0.1, 0.15) is 59.3 Å². The van der Waals surface area contributed by atoms with Crippen LogP contribution < -0.4 is 5.32 Å². The molecule has 0 amide bonds. The number of nitrogens with zero attached hydrogens (tertiary/aromatic N) is 2. The number of hydrogen-bond donors (Lipinski definition) is 1. The molecule has 2 bridgehead atoms. The minimum Gasteiger partial charge on any atom is -0.311 e. The third-order valence-corrected chi connectivity index (χ3v) is 6.01. The zero-order valence-electron chi connectivity index (χ0n) is 13.9. The minimum absolute atomic E-state index is 0.345. The largest absolute Gasteiger partial charge is 0.311 e. The van der Waals surface area contributed by atoms with E-state index in [1.165, 1.54) is 51.6 Å². The molecule has 3 heterocycles. The van der Waals surface area contributed by atoms with Gasteiger partial charge in [-0.3, -0.25) is 4.90 Å². The summed E-state index contributed by atoms with van der Waals surface area (Å²) in [4.78, 5) is 5.28. The molecular formula is C17H33N3. The van der Waals surface area contributed by atoms with Crippen LogP contribution in [0.4, 0.5) is 0 Å². The molecule has 3 nitrogen and oxygen atoms in total. The van der Waals surface area contributed by atoms with Crippen molar-refractivity contribution in [1.82, 2.24) is 15.1 Å². The molecule has 3 rings (SSSR count). The van der Waals surface area contributed by atoms with E-state index in [4.69, 9.17) is 0 Å². The normalized spacial score (nSPS) is 37.5. The molecule has 0 aromatic heterocycles. The first-order valence-corrected chi connectivity index (χ1v) is 8.66. The highest BCUT2D eigenvalue weighted by Crippen LogP contribution is 2.34. The van der Waals surface area contributed by atoms with Gasteiger partial charge in [-0.1, -0.05) is 0 Å². The Balaban J connectivity index is 1.46. The van der Waals surface area contributed by atoms with E-state index in [0.717, 1.165) is 24.2 Å². The summed E-state index contributed by atoms with van der Waals surface area (Å²) in [6.45, 7) is 9.56. The van der Waals surface area contributed by atoms with Crippen molar-refractivity contribution in [3.8, 4) is 0 Å². The van der Waals surface area contributed by atoms with E-state index in [0.29, 0.717) is 5.54 Å². The summed E-state index contributed by atoms with van der Waals surface area (Å²) in [5.74, 6) is 0. The summed E-state index contributed by atoms with van der Waals surface area (Å²) in [7, 11) is 2.33. The topological polar surface area (TPSA) is 18.5 Å². The van der Waals surface area contributed by atoms with Crippen LogP contribution in [-0.2, 0) is 0 Å². The van der Waals surface area contributed by atoms with Gasteiger partial charge in [0.1, 0.15) is 0 Å². The van der Waals surface area contributed by atoms with Crippen molar-refractivity contribution >= 4 is 0 Å². The molecule has 3 fully saturated rings. The quantitative estimate of drug-likeness (QED) is 0.838. The zero-order chi connectivity index (χ0) is 14.3. The molecule has 3 aliphatic heterocycles. The van der Waals surface area contributed by atoms with E-state index >= 15 is 0 Å². The van der Waals surface area contributed by atoms with E-state index in [-0.39, 0.29) is 0 Å². The molecule has 1 N–H and O–H groups in total. The summed E-state index contributed by atoms with van der Waals surface area (Å²) in [5, 5.41) is 4.00. The maximum absolute atomic E-state index is 4.00. The second-order valence-corrected chi connectivity index (χ2v) is 8.32. The van der Waals surface area contributed by atoms with Gasteiger partial charge in [-0.25, -0.2) is 0 Å². The lowest BCUT2D eigenvalue weighted by atomic mass is 9.94. The van der Waals surface area contributed by atoms with E-state index in [2.05, 4.69) is 42.9 Å². The number of likely N-dealkylation sites (tertiary alicyclic amines) is 1. The van der Waals surface area contributed by atoms with Gasteiger partial charge in [-0.2, -0.15) is 0 Å². The van der Waals surface area contributed by atoms with Gasteiger partial charge >= 0.3 is 0 Å². The summed E-state index contributed by atoms with van der Waals surface area (Å²) in [5.41, 5.74) is 0.345. The molecule has 2 unspecified atom stereocenters. The Morgan fingerprint density at radius 3 is 1.90 bits per heavy atom. The Hall–Kier alpha value is -0.120. The van der Waals surface area contributed by atoms with Crippen LogP contribution in [0.3, 0.4) is 0 Å². The van der Waals surface area contributed by atoms with E-state index in [1.807, 2.05) is 0 Å². The van der Waals surface area contributed by atoms with Crippen LogP contribution in [0.25, 0.3) is 0 Å². The first-order chi connectivity index (χ1) is 9.43. The SMILES string of the molecule is CN1C2CCC1CC(NC1CCN(C(C)(C)C)CC1)C2. The Morgan fingerprint density at radius 1 is 0.850 bits per heavy atom. The smallest absolute Gasteiger partial charge is 0.0125 e. The lowest BCUT2D eigenvalue weighted by Crippen LogP contribution is -2.54. The Bertz CT molecular complexity index is 314. The van der Waals surface area contributed by atoms with Gasteiger partial charge < -0.3 is 10.2 Å². The van der Waals surface area contributed by atoms with Gasteiger partial charge in [-0.15, -0.1) is 0 Å². The van der Waals surface area contributed by atoms with E-state index in [1.54, 1.807) is 0 Å². The maximum atomic E-state index is 4.00. The minimum atomic E-state index is 0.345. The molecule has 3 saturated heterocycles. The molecular weight excluding hydrogens is 246 g/mol. The second-order valence-electron chi connectivity index (χ2n) is 8.32. The van der Waals surface area contributed by atoms with Gasteiger partial charge in [0.2, 0.25) is 0 Å². The number of rotatable bonds is 2. The summed E-state index contributed by atoms with van der Waals surface area (Å²) in [6.07, 6.45) is 8.29. The number of piperidine rings is 2. The van der Waals surface area contributed by atoms with Crippen LogP contribution in [-0.4, -0.2) is 59.6 Å². The Labute approximate surface area is 125 Å². The molecule has 0 aromatic rings.